The van der Waals surface area contributed by atoms with Gasteiger partial charge in [0, 0.05) is 19.3 Å². The third kappa shape index (κ3) is 45.7. The third-order valence-corrected chi connectivity index (χ3v) is 10.2. The number of carbonyl (C=O) groups is 3. The van der Waals surface area contributed by atoms with Gasteiger partial charge in [0.2, 0.25) is 0 Å². The topological polar surface area (TPSA) is 78.9 Å². The molecule has 0 rings (SSSR count). The molecule has 0 N–H and O–H groups in total. The second-order valence-corrected chi connectivity index (χ2v) is 16.0. The normalized spacial score (nSPS) is 12.8. The summed E-state index contributed by atoms with van der Waals surface area (Å²) in [6, 6.07) is 0. The SMILES string of the molecule is CC\C=C/C=C\C=C/CCCCCCCCCC(=O)OCC(COC(=O)CCCCC/C=C\CCCCCCCC)OC(=O)CCCCCC/C=C\C/C=C\C/C=C\CC. The standard InChI is InChI=1S/C54H90O6/c1-4-7-10-13-16-19-22-25-27-30-32-35-38-41-44-47-53(56)59-50-51(49-58-52(55)46-43-40-37-34-31-28-24-21-18-15-12-9-6-3)60-54(57)48-45-42-39-36-33-29-26-23-20-17-14-11-8-5-2/h7-8,10-11,13,16-17,19-20,22,26,28-29,31,51H,4-6,9,12,14-15,18,21,23-25,27,30,32-50H2,1-3H3/b10-7-,11-8-,16-13-,20-17-,22-19-,29-26-,31-28-. The second kappa shape index (κ2) is 48.3. The van der Waals surface area contributed by atoms with Gasteiger partial charge < -0.3 is 14.2 Å². The number of rotatable bonds is 43. The lowest BCUT2D eigenvalue weighted by Gasteiger charge is -2.18. The molecule has 60 heavy (non-hydrogen) atoms. The summed E-state index contributed by atoms with van der Waals surface area (Å²) < 4.78 is 16.7. The highest BCUT2D eigenvalue weighted by Gasteiger charge is 2.19. The van der Waals surface area contributed by atoms with Gasteiger partial charge in [0.25, 0.3) is 0 Å². The van der Waals surface area contributed by atoms with Crippen LogP contribution in [0.3, 0.4) is 0 Å². The highest BCUT2D eigenvalue weighted by Crippen LogP contribution is 2.13. The number of esters is 3. The first kappa shape index (κ1) is 56.6. The Labute approximate surface area is 369 Å². The van der Waals surface area contributed by atoms with E-state index in [1.165, 1.54) is 64.2 Å². The molecule has 0 heterocycles. The lowest BCUT2D eigenvalue weighted by atomic mass is 10.1. The van der Waals surface area contributed by atoms with Crippen molar-refractivity contribution in [3.05, 3.63) is 85.1 Å². The van der Waals surface area contributed by atoms with Gasteiger partial charge in [-0.15, -0.1) is 0 Å². The van der Waals surface area contributed by atoms with Gasteiger partial charge in [-0.25, -0.2) is 0 Å². The lowest BCUT2D eigenvalue weighted by molar-refractivity contribution is -0.167. The van der Waals surface area contributed by atoms with E-state index in [9.17, 15) is 14.4 Å². The predicted octanol–water partition coefficient (Wildman–Crippen LogP) is 16.0. The van der Waals surface area contributed by atoms with E-state index in [0.29, 0.717) is 19.3 Å². The summed E-state index contributed by atoms with van der Waals surface area (Å²) in [5.41, 5.74) is 0. The van der Waals surface area contributed by atoms with E-state index < -0.39 is 6.10 Å². The van der Waals surface area contributed by atoms with E-state index in [4.69, 9.17) is 14.2 Å². The molecule has 0 aliphatic rings. The first-order valence-electron chi connectivity index (χ1n) is 24.6. The monoisotopic (exact) mass is 835 g/mol. The maximum absolute atomic E-state index is 12.8. The Kier molecular flexibility index (Phi) is 45.5. The van der Waals surface area contributed by atoms with Gasteiger partial charge in [-0.05, 0) is 96.3 Å². The van der Waals surface area contributed by atoms with Crippen molar-refractivity contribution < 1.29 is 28.6 Å². The molecular weight excluding hydrogens is 745 g/mol. The van der Waals surface area contributed by atoms with Crippen molar-refractivity contribution in [1.82, 2.24) is 0 Å². The molecule has 0 saturated carbocycles. The second-order valence-electron chi connectivity index (χ2n) is 16.0. The van der Waals surface area contributed by atoms with Crippen molar-refractivity contribution in [2.75, 3.05) is 13.2 Å². The molecular formula is C54H90O6. The number of carbonyl (C=O) groups excluding carboxylic acids is 3. The van der Waals surface area contributed by atoms with Crippen LogP contribution in [0.15, 0.2) is 85.1 Å². The molecule has 0 amide bonds. The van der Waals surface area contributed by atoms with E-state index in [0.717, 1.165) is 116 Å². The zero-order valence-electron chi connectivity index (χ0n) is 38.9. The molecule has 0 aromatic heterocycles. The van der Waals surface area contributed by atoms with E-state index >= 15 is 0 Å². The molecule has 342 valence electrons. The molecule has 0 bridgehead atoms. The van der Waals surface area contributed by atoms with Crippen LogP contribution in [0.1, 0.15) is 220 Å². The van der Waals surface area contributed by atoms with Gasteiger partial charge >= 0.3 is 17.9 Å². The fraction of sp³-hybridized carbons (Fsp3) is 0.685. The van der Waals surface area contributed by atoms with Crippen molar-refractivity contribution in [2.24, 2.45) is 0 Å². The van der Waals surface area contributed by atoms with Crippen LogP contribution in [0.5, 0.6) is 0 Å². The van der Waals surface area contributed by atoms with Crippen LogP contribution >= 0.6 is 0 Å². The molecule has 0 radical (unpaired) electrons. The average Bonchev–Trinajstić information content (AvgIpc) is 3.24. The van der Waals surface area contributed by atoms with Crippen LogP contribution in [0.4, 0.5) is 0 Å². The number of hydrogen-bond donors (Lipinski definition) is 0. The molecule has 0 aliphatic carbocycles. The highest BCUT2D eigenvalue weighted by molar-refractivity contribution is 5.71. The quantitative estimate of drug-likeness (QED) is 0.0200. The number of hydrogen-bond acceptors (Lipinski definition) is 6. The summed E-state index contributed by atoms with van der Waals surface area (Å²) >= 11 is 0. The molecule has 0 aliphatic heterocycles. The van der Waals surface area contributed by atoms with Gasteiger partial charge in [0.1, 0.15) is 13.2 Å². The maximum Gasteiger partial charge on any atom is 0.306 e. The summed E-state index contributed by atoms with van der Waals surface area (Å²) in [5, 5.41) is 0. The van der Waals surface area contributed by atoms with Crippen LogP contribution in [-0.4, -0.2) is 37.2 Å². The summed E-state index contributed by atoms with van der Waals surface area (Å²) in [5.74, 6) is -0.951. The molecule has 1 atom stereocenters. The van der Waals surface area contributed by atoms with E-state index in [2.05, 4.69) is 106 Å². The van der Waals surface area contributed by atoms with Gasteiger partial charge in [-0.2, -0.15) is 0 Å². The third-order valence-electron chi connectivity index (χ3n) is 10.2. The van der Waals surface area contributed by atoms with Crippen LogP contribution in [0.2, 0.25) is 0 Å². The van der Waals surface area contributed by atoms with Crippen LogP contribution < -0.4 is 0 Å². The van der Waals surface area contributed by atoms with Gasteiger partial charge in [0.05, 0.1) is 0 Å². The lowest BCUT2D eigenvalue weighted by Crippen LogP contribution is -2.30. The summed E-state index contributed by atoms with van der Waals surface area (Å²) in [6.07, 6.45) is 61.3. The number of unbranched alkanes of at least 4 members (excludes halogenated alkanes) is 20. The zero-order valence-corrected chi connectivity index (χ0v) is 38.9. The maximum atomic E-state index is 12.8. The van der Waals surface area contributed by atoms with E-state index in [-0.39, 0.29) is 31.1 Å². The highest BCUT2D eigenvalue weighted by atomic mass is 16.6. The van der Waals surface area contributed by atoms with Crippen LogP contribution in [-0.2, 0) is 28.6 Å². The van der Waals surface area contributed by atoms with Crippen molar-refractivity contribution in [3.8, 4) is 0 Å². The molecule has 6 heteroatoms. The van der Waals surface area contributed by atoms with Crippen molar-refractivity contribution >= 4 is 17.9 Å². The Hall–Kier alpha value is -3.41. The average molecular weight is 835 g/mol. The minimum absolute atomic E-state index is 0.0976. The Balaban J connectivity index is 4.47. The first-order chi connectivity index (χ1) is 29.5. The van der Waals surface area contributed by atoms with Gasteiger partial charge in [-0.1, -0.05) is 189 Å². The van der Waals surface area contributed by atoms with Crippen LogP contribution in [0.25, 0.3) is 0 Å². The minimum atomic E-state index is -0.798. The Morgan fingerprint density at radius 3 is 1.23 bits per heavy atom. The van der Waals surface area contributed by atoms with Crippen molar-refractivity contribution in [2.45, 2.75) is 226 Å². The fourth-order valence-corrected chi connectivity index (χ4v) is 6.51. The molecule has 0 aromatic carbocycles. The summed E-state index contributed by atoms with van der Waals surface area (Å²) in [4.78, 5) is 37.9. The first-order valence-corrected chi connectivity index (χ1v) is 24.6. The molecule has 1 unspecified atom stereocenters. The van der Waals surface area contributed by atoms with Crippen molar-refractivity contribution in [1.29, 1.82) is 0 Å². The predicted molar refractivity (Wildman–Crippen MR) is 256 cm³/mol. The Morgan fingerprint density at radius 2 is 0.733 bits per heavy atom. The number of ether oxygens (including phenoxy) is 3. The van der Waals surface area contributed by atoms with Gasteiger partial charge in [-0.3, -0.25) is 14.4 Å². The van der Waals surface area contributed by atoms with Gasteiger partial charge in [0.15, 0.2) is 6.10 Å². The molecule has 6 nitrogen and oxygen atoms in total. The molecule has 0 fully saturated rings. The molecule has 0 saturated heterocycles. The zero-order chi connectivity index (χ0) is 43.7. The van der Waals surface area contributed by atoms with E-state index in [1.54, 1.807) is 0 Å². The van der Waals surface area contributed by atoms with E-state index in [1.807, 2.05) is 0 Å². The molecule has 0 aromatic rings. The fourth-order valence-electron chi connectivity index (χ4n) is 6.51. The Morgan fingerprint density at radius 1 is 0.367 bits per heavy atom. The summed E-state index contributed by atoms with van der Waals surface area (Å²) in [7, 11) is 0. The molecule has 0 spiro atoms. The smallest absolute Gasteiger partial charge is 0.306 e. The Bertz CT molecular complexity index is 1190. The van der Waals surface area contributed by atoms with Crippen LogP contribution in [0, 0.1) is 0 Å². The van der Waals surface area contributed by atoms with Crippen molar-refractivity contribution in [3.63, 3.8) is 0 Å². The number of allylic oxidation sites excluding steroid dienone is 14. The minimum Gasteiger partial charge on any atom is -0.462 e. The largest absolute Gasteiger partial charge is 0.462 e. The summed E-state index contributed by atoms with van der Waals surface area (Å²) in [6.45, 7) is 6.33.